The average Bonchev–Trinajstić information content (AvgIpc) is 3.09. The van der Waals surface area contributed by atoms with E-state index < -0.39 is 29.6 Å². The van der Waals surface area contributed by atoms with Crippen molar-refractivity contribution in [1.29, 1.82) is 0 Å². The summed E-state index contributed by atoms with van der Waals surface area (Å²) in [5.74, 6) is 2.63. The highest BCUT2D eigenvalue weighted by Gasteiger charge is 2.40. The molecule has 2 aliphatic heterocycles. The number of nitrogens with zero attached hydrogens (tertiary/aromatic N) is 1. The molecular weight excluding hydrogens is 401 g/mol. The fourth-order valence-corrected chi connectivity index (χ4v) is 3.66. The summed E-state index contributed by atoms with van der Waals surface area (Å²) >= 11 is 0. The average molecular weight is 419 g/mol. The number of hydrogen-bond acceptors (Lipinski definition) is 4. The van der Waals surface area contributed by atoms with E-state index in [9.17, 15) is 19.2 Å². The van der Waals surface area contributed by atoms with Crippen LogP contribution in [0.3, 0.4) is 0 Å². The molecule has 2 N–H and O–H groups in total. The van der Waals surface area contributed by atoms with Gasteiger partial charge in [0.15, 0.2) is 0 Å². The Morgan fingerprint density at radius 2 is 1.94 bits per heavy atom. The lowest BCUT2D eigenvalue weighted by Gasteiger charge is -2.29. The van der Waals surface area contributed by atoms with Crippen molar-refractivity contribution in [1.82, 2.24) is 15.5 Å². The van der Waals surface area contributed by atoms with Gasteiger partial charge in [0.05, 0.1) is 6.54 Å². The van der Waals surface area contributed by atoms with Crippen molar-refractivity contribution < 1.29 is 23.6 Å². The van der Waals surface area contributed by atoms with Gasteiger partial charge in [-0.15, -0.1) is 0 Å². The maximum absolute atomic E-state index is 15.0. The number of carbonyl (C=O) groups is 4. The molecule has 2 heterocycles. The zero-order valence-corrected chi connectivity index (χ0v) is 16.4. The molecule has 2 aliphatic rings. The Kier molecular flexibility index (Phi) is 5.50. The minimum Gasteiger partial charge on any atom is -0.341 e. The second-order valence-electron chi connectivity index (χ2n) is 7.26. The molecular formula is C23H18FN3O4. The maximum atomic E-state index is 15.0. The fourth-order valence-electron chi connectivity index (χ4n) is 3.66. The van der Waals surface area contributed by atoms with Crippen molar-refractivity contribution in [3.8, 4) is 11.8 Å². The standard InChI is InChI=1S/C23H18FN3O4/c24-21-15(12-25-19(28)10-6-14-4-2-1-3-5-14)7-8-16-17(21)13-27(23(16)31)18-9-11-20(29)26-22(18)30/h1-5,7-8,18H,9,11-13H2,(H,25,28)(H,26,29,30). The van der Waals surface area contributed by atoms with E-state index in [4.69, 9.17) is 0 Å². The summed E-state index contributed by atoms with van der Waals surface area (Å²) in [5, 5.41) is 4.76. The second-order valence-corrected chi connectivity index (χ2v) is 7.26. The summed E-state index contributed by atoms with van der Waals surface area (Å²) in [7, 11) is 0. The quantitative estimate of drug-likeness (QED) is 0.578. The first-order chi connectivity index (χ1) is 14.9. The van der Waals surface area contributed by atoms with Crippen LogP contribution in [0.5, 0.6) is 0 Å². The molecule has 2 aromatic carbocycles. The van der Waals surface area contributed by atoms with Crippen molar-refractivity contribution in [3.05, 3.63) is 70.5 Å². The zero-order chi connectivity index (χ0) is 22.0. The van der Waals surface area contributed by atoms with Gasteiger partial charge in [-0.05, 0) is 24.6 Å². The van der Waals surface area contributed by atoms with Crippen LogP contribution in [-0.2, 0) is 27.5 Å². The number of hydrogen-bond donors (Lipinski definition) is 2. The Morgan fingerprint density at radius 3 is 2.68 bits per heavy atom. The molecule has 0 radical (unpaired) electrons. The molecule has 4 amide bonds. The van der Waals surface area contributed by atoms with Crippen LogP contribution in [-0.4, -0.2) is 34.6 Å². The van der Waals surface area contributed by atoms with Gasteiger partial charge in [-0.1, -0.05) is 30.2 Å². The van der Waals surface area contributed by atoms with Gasteiger partial charge in [0, 0.05) is 41.1 Å². The highest BCUT2D eigenvalue weighted by atomic mass is 19.1. The first kappa shape index (κ1) is 20.3. The van der Waals surface area contributed by atoms with Crippen LogP contribution in [0.25, 0.3) is 0 Å². The zero-order valence-electron chi connectivity index (χ0n) is 16.4. The number of rotatable bonds is 3. The number of nitrogens with one attached hydrogen (secondary N) is 2. The molecule has 1 unspecified atom stereocenters. The van der Waals surface area contributed by atoms with E-state index in [0.29, 0.717) is 5.56 Å². The minimum absolute atomic E-state index is 0.0676. The number of fused-ring (bicyclic) bond motifs is 1. The largest absolute Gasteiger partial charge is 0.341 e. The van der Waals surface area contributed by atoms with Gasteiger partial charge in [-0.2, -0.15) is 0 Å². The van der Waals surface area contributed by atoms with Gasteiger partial charge in [0.25, 0.3) is 11.8 Å². The van der Waals surface area contributed by atoms with E-state index in [-0.39, 0.29) is 48.5 Å². The Balaban J connectivity index is 1.45. The summed E-state index contributed by atoms with van der Waals surface area (Å²) in [6.45, 7) is -0.157. The van der Waals surface area contributed by atoms with Gasteiger partial charge >= 0.3 is 0 Å². The highest BCUT2D eigenvalue weighted by molar-refractivity contribution is 6.05. The molecule has 2 aromatic rings. The van der Waals surface area contributed by atoms with Crippen molar-refractivity contribution in [3.63, 3.8) is 0 Å². The fraction of sp³-hybridized carbons (Fsp3) is 0.217. The Bertz CT molecular complexity index is 1150. The van der Waals surface area contributed by atoms with E-state index in [1.807, 2.05) is 6.07 Å². The molecule has 0 aromatic heterocycles. The van der Waals surface area contributed by atoms with E-state index in [1.54, 1.807) is 24.3 Å². The van der Waals surface area contributed by atoms with Gasteiger partial charge in [0.1, 0.15) is 11.9 Å². The summed E-state index contributed by atoms with van der Waals surface area (Å²) in [6, 6.07) is 11.1. The van der Waals surface area contributed by atoms with Crippen molar-refractivity contribution >= 4 is 23.6 Å². The minimum atomic E-state index is -0.812. The molecule has 0 saturated carbocycles. The predicted molar refractivity (Wildman–Crippen MR) is 108 cm³/mol. The lowest BCUT2D eigenvalue weighted by molar-refractivity contribution is -0.137. The van der Waals surface area contributed by atoms with E-state index in [1.165, 1.54) is 17.0 Å². The molecule has 1 saturated heterocycles. The van der Waals surface area contributed by atoms with Crippen molar-refractivity contribution in [2.24, 2.45) is 0 Å². The number of imide groups is 1. The van der Waals surface area contributed by atoms with Crippen LogP contribution >= 0.6 is 0 Å². The lowest BCUT2D eigenvalue weighted by Crippen LogP contribution is -2.52. The SMILES string of the molecule is O=C(C#Cc1ccccc1)NCc1ccc2c(c1F)CN(C1CCC(=O)NC1=O)C2=O. The monoisotopic (exact) mass is 419 g/mol. The second kappa shape index (κ2) is 8.40. The number of halogens is 1. The summed E-state index contributed by atoms with van der Waals surface area (Å²) < 4.78 is 15.0. The third-order valence-electron chi connectivity index (χ3n) is 5.26. The smallest absolute Gasteiger partial charge is 0.296 e. The highest BCUT2D eigenvalue weighted by Crippen LogP contribution is 2.30. The molecule has 0 spiro atoms. The van der Waals surface area contributed by atoms with Crippen LogP contribution in [0.15, 0.2) is 42.5 Å². The third kappa shape index (κ3) is 4.16. The summed E-state index contributed by atoms with van der Waals surface area (Å²) in [4.78, 5) is 49.4. The van der Waals surface area contributed by atoms with Crippen molar-refractivity contribution in [2.45, 2.75) is 32.0 Å². The molecule has 0 aliphatic carbocycles. The first-order valence-electron chi connectivity index (χ1n) is 9.74. The predicted octanol–water partition coefficient (Wildman–Crippen LogP) is 1.25. The van der Waals surface area contributed by atoms with Crippen LogP contribution in [0.4, 0.5) is 4.39 Å². The molecule has 0 bridgehead atoms. The van der Waals surface area contributed by atoms with E-state index in [0.717, 1.165) is 0 Å². The van der Waals surface area contributed by atoms with Crippen LogP contribution in [0, 0.1) is 17.7 Å². The number of piperidine rings is 1. The molecule has 4 rings (SSSR count). The molecule has 1 fully saturated rings. The molecule has 8 heteroatoms. The lowest BCUT2D eigenvalue weighted by atomic mass is 10.0. The van der Waals surface area contributed by atoms with Gasteiger partial charge in [-0.25, -0.2) is 4.39 Å². The maximum Gasteiger partial charge on any atom is 0.296 e. The molecule has 1 atom stereocenters. The third-order valence-corrected chi connectivity index (χ3v) is 5.26. The van der Waals surface area contributed by atoms with Crippen molar-refractivity contribution in [2.75, 3.05) is 0 Å². The number of carbonyl (C=O) groups excluding carboxylic acids is 4. The Morgan fingerprint density at radius 1 is 1.16 bits per heavy atom. The van der Waals surface area contributed by atoms with Gasteiger partial charge in [-0.3, -0.25) is 24.5 Å². The van der Waals surface area contributed by atoms with Crippen LogP contribution in [0.1, 0.15) is 39.9 Å². The summed E-state index contributed by atoms with van der Waals surface area (Å²) in [5.41, 5.74) is 1.26. The van der Waals surface area contributed by atoms with Gasteiger partial charge < -0.3 is 10.2 Å². The van der Waals surface area contributed by atoms with Crippen LogP contribution < -0.4 is 10.6 Å². The van der Waals surface area contributed by atoms with Crippen LogP contribution in [0.2, 0.25) is 0 Å². The Labute approximate surface area is 177 Å². The Hall–Kier alpha value is -3.99. The topological polar surface area (TPSA) is 95.6 Å². The molecule has 156 valence electrons. The number of amides is 4. The first-order valence-corrected chi connectivity index (χ1v) is 9.74. The normalized spacial score (nSPS) is 17.5. The number of benzene rings is 2. The molecule has 7 nitrogen and oxygen atoms in total. The van der Waals surface area contributed by atoms with E-state index >= 15 is 4.39 Å². The van der Waals surface area contributed by atoms with Gasteiger partial charge in [0.2, 0.25) is 11.8 Å². The summed E-state index contributed by atoms with van der Waals surface area (Å²) in [6.07, 6.45) is 0.329. The van der Waals surface area contributed by atoms with E-state index in [2.05, 4.69) is 22.5 Å². The molecule has 31 heavy (non-hydrogen) atoms.